The summed E-state index contributed by atoms with van der Waals surface area (Å²) in [5.41, 5.74) is 8.43. The van der Waals surface area contributed by atoms with E-state index in [2.05, 4.69) is 16.8 Å². The number of amides is 1. The van der Waals surface area contributed by atoms with E-state index in [1.54, 1.807) is 11.3 Å². The molecule has 0 saturated heterocycles. The van der Waals surface area contributed by atoms with Gasteiger partial charge in [-0.25, -0.2) is 0 Å². The van der Waals surface area contributed by atoms with E-state index in [1.165, 1.54) is 10.4 Å². The molecule has 0 saturated carbocycles. The molecule has 3 nitrogen and oxygen atoms in total. The van der Waals surface area contributed by atoms with Crippen LogP contribution >= 0.6 is 23.7 Å². The quantitative estimate of drug-likeness (QED) is 0.900. The first-order valence-electron chi connectivity index (χ1n) is 7.40. The average molecular weight is 337 g/mol. The van der Waals surface area contributed by atoms with Crippen molar-refractivity contribution in [3.8, 4) is 0 Å². The molecule has 1 aromatic heterocycles. The second-order valence-corrected chi connectivity index (χ2v) is 6.55. The molecule has 22 heavy (non-hydrogen) atoms. The Labute approximate surface area is 141 Å². The highest BCUT2D eigenvalue weighted by Crippen LogP contribution is 2.33. The van der Waals surface area contributed by atoms with Gasteiger partial charge in [0.2, 0.25) is 5.91 Å². The number of halogens is 1. The van der Waals surface area contributed by atoms with Gasteiger partial charge < -0.3 is 11.1 Å². The Kier molecular flexibility index (Phi) is 6.00. The molecular formula is C17H21ClN2OS. The van der Waals surface area contributed by atoms with E-state index in [0.717, 1.165) is 24.8 Å². The highest BCUT2D eigenvalue weighted by atomic mass is 35.5. The van der Waals surface area contributed by atoms with Crippen LogP contribution in [0, 0.1) is 0 Å². The van der Waals surface area contributed by atoms with E-state index >= 15 is 0 Å². The van der Waals surface area contributed by atoms with E-state index in [4.69, 9.17) is 5.73 Å². The van der Waals surface area contributed by atoms with E-state index in [0.29, 0.717) is 6.42 Å². The fourth-order valence-corrected chi connectivity index (χ4v) is 3.86. The number of hydrogen-bond donors (Lipinski definition) is 2. The van der Waals surface area contributed by atoms with Gasteiger partial charge in [-0.05, 0) is 48.3 Å². The largest absolute Gasteiger partial charge is 0.348 e. The zero-order chi connectivity index (χ0) is 14.7. The van der Waals surface area contributed by atoms with E-state index < -0.39 is 6.04 Å². The number of nitrogens with one attached hydrogen (secondary N) is 1. The molecule has 2 atom stereocenters. The first kappa shape index (κ1) is 17.0. The summed E-state index contributed by atoms with van der Waals surface area (Å²) in [7, 11) is 0. The van der Waals surface area contributed by atoms with Gasteiger partial charge in [0, 0.05) is 4.88 Å². The second kappa shape index (κ2) is 7.77. The Morgan fingerprint density at radius 1 is 1.32 bits per heavy atom. The highest BCUT2D eigenvalue weighted by molar-refractivity contribution is 7.10. The van der Waals surface area contributed by atoms with Crippen molar-refractivity contribution < 1.29 is 4.79 Å². The number of aryl methyl sites for hydroxylation is 1. The molecule has 1 aliphatic carbocycles. The zero-order valence-corrected chi connectivity index (χ0v) is 14.0. The third-order valence-electron chi connectivity index (χ3n) is 4.00. The molecule has 118 valence electrons. The van der Waals surface area contributed by atoms with Crippen molar-refractivity contribution in [1.29, 1.82) is 0 Å². The number of nitrogens with two attached hydrogens (primary N) is 1. The van der Waals surface area contributed by atoms with Crippen LogP contribution in [0.3, 0.4) is 0 Å². The summed E-state index contributed by atoms with van der Waals surface area (Å²) in [6, 6.07) is 11.7. The molecule has 3 N–H and O–H groups in total. The number of fused-ring (bicyclic) bond motifs is 1. The number of hydrogen-bond acceptors (Lipinski definition) is 3. The summed E-state index contributed by atoms with van der Waals surface area (Å²) in [5.74, 6) is -0.0529. The molecule has 0 radical (unpaired) electrons. The SMILES string of the molecule is Cl.NC(Cc1ccccc1)C(=O)NC1CCCc2sccc21. The molecule has 2 aromatic rings. The number of rotatable bonds is 4. The van der Waals surface area contributed by atoms with E-state index in [-0.39, 0.29) is 24.4 Å². The Bertz CT molecular complexity index is 614. The summed E-state index contributed by atoms with van der Waals surface area (Å²) in [4.78, 5) is 13.7. The molecule has 0 bridgehead atoms. The standard InChI is InChI=1S/C17H20N2OS.ClH/c18-14(11-12-5-2-1-3-6-12)17(20)19-15-7-4-8-16-13(15)9-10-21-16;/h1-3,5-6,9-10,14-15H,4,7-8,11,18H2,(H,19,20);1H. The van der Waals surface area contributed by atoms with Crippen LogP contribution in [-0.4, -0.2) is 11.9 Å². The molecule has 1 aromatic carbocycles. The minimum atomic E-state index is -0.489. The number of benzene rings is 1. The summed E-state index contributed by atoms with van der Waals surface area (Å²) in [5, 5.41) is 5.23. The smallest absolute Gasteiger partial charge is 0.237 e. The summed E-state index contributed by atoms with van der Waals surface area (Å²) in [6.07, 6.45) is 3.85. The topological polar surface area (TPSA) is 55.1 Å². The summed E-state index contributed by atoms with van der Waals surface area (Å²) >= 11 is 1.78. The monoisotopic (exact) mass is 336 g/mol. The molecule has 0 fully saturated rings. The predicted octanol–water partition coefficient (Wildman–Crippen LogP) is 3.23. The summed E-state index contributed by atoms with van der Waals surface area (Å²) in [6.45, 7) is 0. The van der Waals surface area contributed by atoms with Crippen molar-refractivity contribution >= 4 is 29.7 Å². The first-order chi connectivity index (χ1) is 10.2. The second-order valence-electron chi connectivity index (χ2n) is 5.55. The van der Waals surface area contributed by atoms with Crippen LogP contribution in [0.4, 0.5) is 0 Å². The molecule has 1 heterocycles. The van der Waals surface area contributed by atoms with E-state index in [1.807, 2.05) is 30.3 Å². The van der Waals surface area contributed by atoms with Crippen LogP contribution in [0.15, 0.2) is 41.8 Å². The molecule has 2 unspecified atom stereocenters. The van der Waals surface area contributed by atoms with Crippen LogP contribution in [-0.2, 0) is 17.6 Å². The first-order valence-corrected chi connectivity index (χ1v) is 8.28. The van der Waals surface area contributed by atoms with Gasteiger partial charge in [-0.1, -0.05) is 30.3 Å². The van der Waals surface area contributed by atoms with Crippen molar-refractivity contribution in [2.75, 3.05) is 0 Å². The van der Waals surface area contributed by atoms with Crippen LogP contribution in [0.5, 0.6) is 0 Å². The van der Waals surface area contributed by atoms with Crippen molar-refractivity contribution in [2.24, 2.45) is 5.73 Å². The average Bonchev–Trinajstić information content (AvgIpc) is 2.98. The molecule has 3 rings (SSSR count). The van der Waals surface area contributed by atoms with Gasteiger partial charge >= 0.3 is 0 Å². The van der Waals surface area contributed by atoms with Crippen LogP contribution in [0.25, 0.3) is 0 Å². The fourth-order valence-electron chi connectivity index (χ4n) is 2.88. The van der Waals surface area contributed by atoms with Crippen LogP contribution in [0.2, 0.25) is 0 Å². The van der Waals surface area contributed by atoms with Gasteiger partial charge in [-0.2, -0.15) is 0 Å². The minimum absolute atomic E-state index is 0. The number of thiophene rings is 1. The molecular weight excluding hydrogens is 316 g/mol. The lowest BCUT2D eigenvalue weighted by molar-refractivity contribution is -0.123. The van der Waals surface area contributed by atoms with Gasteiger partial charge in [-0.3, -0.25) is 4.79 Å². The van der Waals surface area contributed by atoms with Crippen molar-refractivity contribution in [1.82, 2.24) is 5.32 Å². The Balaban J connectivity index is 0.00000176. The van der Waals surface area contributed by atoms with Gasteiger partial charge in [0.1, 0.15) is 0 Å². The third-order valence-corrected chi connectivity index (χ3v) is 5.00. The molecule has 5 heteroatoms. The molecule has 1 aliphatic rings. The lowest BCUT2D eigenvalue weighted by Gasteiger charge is -2.25. The van der Waals surface area contributed by atoms with Gasteiger partial charge in [0.25, 0.3) is 0 Å². The van der Waals surface area contributed by atoms with E-state index in [9.17, 15) is 4.79 Å². The Morgan fingerprint density at radius 2 is 2.09 bits per heavy atom. The lowest BCUT2D eigenvalue weighted by Crippen LogP contribution is -2.44. The lowest BCUT2D eigenvalue weighted by atomic mass is 9.93. The van der Waals surface area contributed by atoms with Gasteiger partial charge in [0.05, 0.1) is 12.1 Å². The Morgan fingerprint density at radius 3 is 2.86 bits per heavy atom. The number of carbonyl (C=O) groups excluding carboxylic acids is 1. The Hall–Kier alpha value is -1.36. The maximum atomic E-state index is 12.3. The third kappa shape index (κ3) is 3.88. The normalized spacial score (nSPS) is 18.0. The maximum Gasteiger partial charge on any atom is 0.237 e. The summed E-state index contributed by atoms with van der Waals surface area (Å²) < 4.78 is 0. The predicted molar refractivity (Wildman–Crippen MR) is 93.5 cm³/mol. The number of carbonyl (C=O) groups is 1. The van der Waals surface area contributed by atoms with Crippen molar-refractivity contribution in [3.63, 3.8) is 0 Å². The maximum absolute atomic E-state index is 12.3. The van der Waals surface area contributed by atoms with Crippen molar-refractivity contribution in [3.05, 3.63) is 57.8 Å². The highest BCUT2D eigenvalue weighted by Gasteiger charge is 2.24. The fraction of sp³-hybridized carbons (Fsp3) is 0.353. The minimum Gasteiger partial charge on any atom is -0.348 e. The molecule has 0 aliphatic heterocycles. The molecule has 1 amide bonds. The molecule has 0 spiro atoms. The zero-order valence-electron chi connectivity index (χ0n) is 12.3. The van der Waals surface area contributed by atoms with Gasteiger partial charge in [0.15, 0.2) is 0 Å². The van der Waals surface area contributed by atoms with Crippen LogP contribution < -0.4 is 11.1 Å². The van der Waals surface area contributed by atoms with Gasteiger partial charge in [-0.15, -0.1) is 23.7 Å². The van der Waals surface area contributed by atoms with Crippen molar-refractivity contribution in [2.45, 2.75) is 37.8 Å². The van der Waals surface area contributed by atoms with Crippen LogP contribution in [0.1, 0.15) is 34.9 Å².